The Bertz CT molecular complexity index is 661. The van der Waals surface area contributed by atoms with Gasteiger partial charge in [0, 0.05) is 17.8 Å². The van der Waals surface area contributed by atoms with Crippen LogP contribution in [0.4, 0.5) is 4.79 Å². The van der Waals surface area contributed by atoms with Crippen LogP contribution in [0, 0.1) is 0 Å². The van der Waals surface area contributed by atoms with Crippen molar-refractivity contribution in [2.45, 2.75) is 43.5 Å². The fourth-order valence-corrected chi connectivity index (χ4v) is 4.03. The van der Waals surface area contributed by atoms with Crippen LogP contribution in [0.3, 0.4) is 0 Å². The molecule has 1 aliphatic rings. The molecular weight excluding hydrogens is 322 g/mol. The van der Waals surface area contributed by atoms with Crippen molar-refractivity contribution in [1.29, 1.82) is 0 Å². The highest BCUT2D eigenvalue weighted by Gasteiger charge is 2.25. The highest BCUT2D eigenvalue weighted by atomic mass is 32.2. The molecule has 2 atom stereocenters. The standard InChI is InChI=1S/C17H23N5OS/c1-24-16-8-3-2-7-15(16)21-17(23)19-10-13-5-4-6-14(9-13)22-12-18-11-20-22/h4-6,9,11-12,15-16H,2-3,7-8,10H2,1H3,(H2,19,21,23). The van der Waals surface area contributed by atoms with Crippen LogP contribution in [-0.4, -0.2) is 38.3 Å². The normalized spacial score (nSPS) is 20.5. The minimum atomic E-state index is -0.0906. The predicted molar refractivity (Wildman–Crippen MR) is 96.3 cm³/mol. The highest BCUT2D eigenvalue weighted by Crippen LogP contribution is 2.27. The SMILES string of the molecule is CSC1CCCCC1NC(=O)NCc1cccc(-n2cncn2)c1. The molecular formula is C17H23N5OS. The van der Waals surface area contributed by atoms with Gasteiger partial charge >= 0.3 is 6.03 Å². The molecule has 2 amide bonds. The molecule has 0 saturated heterocycles. The third-order valence-electron chi connectivity index (χ3n) is 4.37. The van der Waals surface area contributed by atoms with Crippen LogP contribution in [0.25, 0.3) is 5.69 Å². The molecule has 7 heteroatoms. The maximum absolute atomic E-state index is 12.2. The summed E-state index contributed by atoms with van der Waals surface area (Å²) >= 11 is 1.85. The Morgan fingerprint density at radius 1 is 1.38 bits per heavy atom. The molecule has 1 heterocycles. The molecule has 1 aliphatic carbocycles. The summed E-state index contributed by atoms with van der Waals surface area (Å²) in [5, 5.41) is 10.7. The van der Waals surface area contributed by atoms with E-state index in [0.29, 0.717) is 11.8 Å². The van der Waals surface area contributed by atoms with Crippen LogP contribution in [0.15, 0.2) is 36.9 Å². The van der Waals surface area contributed by atoms with Gasteiger partial charge < -0.3 is 10.6 Å². The first-order chi connectivity index (χ1) is 11.8. The number of nitrogens with one attached hydrogen (secondary N) is 2. The van der Waals surface area contributed by atoms with E-state index in [1.165, 1.54) is 25.6 Å². The Kier molecular flexibility index (Phi) is 5.74. The number of hydrogen-bond donors (Lipinski definition) is 2. The first kappa shape index (κ1) is 16.8. The van der Waals surface area contributed by atoms with Gasteiger partial charge in [0.1, 0.15) is 12.7 Å². The van der Waals surface area contributed by atoms with Gasteiger partial charge in [0.25, 0.3) is 0 Å². The van der Waals surface area contributed by atoms with Crippen molar-refractivity contribution in [2.75, 3.05) is 6.26 Å². The summed E-state index contributed by atoms with van der Waals surface area (Å²) < 4.78 is 1.70. The number of nitrogens with zero attached hydrogens (tertiary/aromatic N) is 3. The second kappa shape index (κ2) is 8.19. The van der Waals surface area contributed by atoms with E-state index in [9.17, 15) is 4.79 Å². The number of carbonyl (C=O) groups excluding carboxylic acids is 1. The van der Waals surface area contributed by atoms with E-state index in [0.717, 1.165) is 17.7 Å². The van der Waals surface area contributed by atoms with E-state index >= 15 is 0 Å². The molecule has 6 nitrogen and oxygen atoms in total. The monoisotopic (exact) mass is 345 g/mol. The number of carbonyl (C=O) groups is 1. The van der Waals surface area contributed by atoms with Crippen molar-refractivity contribution in [1.82, 2.24) is 25.4 Å². The van der Waals surface area contributed by atoms with Crippen LogP contribution in [0.1, 0.15) is 31.2 Å². The van der Waals surface area contributed by atoms with Crippen LogP contribution in [-0.2, 0) is 6.54 Å². The first-order valence-electron chi connectivity index (χ1n) is 8.27. The Morgan fingerprint density at radius 2 is 2.25 bits per heavy atom. The summed E-state index contributed by atoms with van der Waals surface area (Å²) in [7, 11) is 0. The van der Waals surface area contributed by atoms with Gasteiger partial charge in [0.2, 0.25) is 0 Å². The average molecular weight is 345 g/mol. The highest BCUT2D eigenvalue weighted by molar-refractivity contribution is 7.99. The molecule has 2 aromatic rings. The maximum atomic E-state index is 12.2. The van der Waals surface area contributed by atoms with Gasteiger partial charge in [-0.1, -0.05) is 25.0 Å². The van der Waals surface area contributed by atoms with Crippen LogP contribution in [0.2, 0.25) is 0 Å². The van der Waals surface area contributed by atoms with Crippen molar-refractivity contribution in [2.24, 2.45) is 0 Å². The smallest absolute Gasteiger partial charge is 0.315 e. The molecule has 1 saturated carbocycles. The number of hydrogen-bond acceptors (Lipinski definition) is 4. The lowest BCUT2D eigenvalue weighted by Crippen LogP contribution is -2.47. The number of benzene rings is 1. The van der Waals surface area contributed by atoms with E-state index in [-0.39, 0.29) is 12.1 Å². The molecule has 24 heavy (non-hydrogen) atoms. The zero-order chi connectivity index (χ0) is 16.8. The van der Waals surface area contributed by atoms with Crippen LogP contribution in [0.5, 0.6) is 0 Å². The van der Waals surface area contributed by atoms with Crippen LogP contribution >= 0.6 is 11.8 Å². The topological polar surface area (TPSA) is 71.8 Å². The Morgan fingerprint density at radius 3 is 3.04 bits per heavy atom. The molecule has 1 aromatic carbocycles. The second-order valence-corrected chi connectivity index (χ2v) is 7.08. The molecule has 1 fully saturated rings. The zero-order valence-corrected chi connectivity index (χ0v) is 14.6. The van der Waals surface area contributed by atoms with E-state index in [4.69, 9.17) is 0 Å². The van der Waals surface area contributed by atoms with E-state index in [2.05, 4.69) is 27.0 Å². The molecule has 0 bridgehead atoms. The van der Waals surface area contributed by atoms with E-state index < -0.39 is 0 Å². The lowest BCUT2D eigenvalue weighted by molar-refractivity contribution is 0.233. The van der Waals surface area contributed by atoms with E-state index in [1.807, 2.05) is 36.0 Å². The first-order valence-corrected chi connectivity index (χ1v) is 9.56. The Balaban J connectivity index is 1.53. The Labute approximate surface area is 146 Å². The predicted octanol–water partition coefficient (Wildman–Crippen LogP) is 2.74. The van der Waals surface area contributed by atoms with Gasteiger partial charge in [0.05, 0.1) is 5.69 Å². The third-order valence-corrected chi connectivity index (χ3v) is 5.54. The number of thioether (sulfide) groups is 1. The molecule has 128 valence electrons. The molecule has 1 aromatic heterocycles. The minimum Gasteiger partial charge on any atom is -0.334 e. The van der Waals surface area contributed by atoms with Crippen molar-refractivity contribution in [3.8, 4) is 5.69 Å². The minimum absolute atomic E-state index is 0.0906. The van der Waals surface area contributed by atoms with Crippen LogP contribution < -0.4 is 10.6 Å². The molecule has 2 unspecified atom stereocenters. The fourth-order valence-electron chi connectivity index (χ4n) is 3.10. The Hall–Kier alpha value is -2.02. The number of amides is 2. The van der Waals surface area contributed by atoms with Gasteiger partial charge in [-0.2, -0.15) is 16.9 Å². The number of aromatic nitrogens is 3. The molecule has 2 N–H and O–H groups in total. The van der Waals surface area contributed by atoms with Gasteiger partial charge in [-0.05, 0) is 36.8 Å². The van der Waals surface area contributed by atoms with Gasteiger partial charge in [-0.25, -0.2) is 14.5 Å². The maximum Gasteiger partial charge on any atom is 0.315 e. The molecule has 0 radical (unpaired) electrons. The molecule has 0 aliphatic heterocycles. The molecule has 3 rings (SSSR count). The van der Waals surface area contributed by atoms with Gasteiger partial charge in [-0.15, -0.1) is 0 Å². The summed E-state index contributed by atoms with van der Waals surface area (Å²) in [6.45, 7) is 0.491. The fraction of sp³-hybridized carbons (Fsp3) is 0.471. The molecule has 0 spiro atoms. The summed E-state index contributed by atoms with van der Waals surface area (Å²) in [4.78, 5) is 16.2. The summed E-state index contributed by atoms with van der Waals surface area (Å²) in [5.41, 5.74) is 1.96. The number of urea groups is 1. The summed E-state index contributed by atoms with van der Waals surface area (Å²) in [6.07, 6.45) is 10.0. The average Bonchev–Trinajstić information content (AvgIpc) is 3.15. The van der Waals surface area contributed by atoms with Crippen molar-refractivity contribution >= 4 is 17.8 Å². The lowest BCUT2D eigenvalue weighted by Gasteiger charge is -2.30. The zero-order valence-electron chi connectivity index (χ0n) is 13.8. The largest absolute Gasteiger partial charge is 0.334 e. The second-order valence-electron chi connectivity index (χ2n) is 6.00. The quantitative estimate of drug-likeness (QED) is 0.874. The summed E-state index contributed by atoms with van der Waals surface area (Å²) in [6, 6.07) is 8.09. The van der Waals surface area contributed by atoms with Crippen molar-refractivity contribution < 1.29 is 4.79 Å². The van der Waals surface area contributed by atoms with Gasteiger partial charge in [0.15, 0.2) is 0 Å². The third kappa shape index (κ3) is 4.29. The number of rotatable bonds is 5. The lowest BCUT2D eigenvalue weighted by atomic mass is 9.95. The van der Waals surface area contributed by atoms with Crippen molar-refractivity contribution in [3.63, 3.8) is 0 Å². The van der Waals surface area contributed by atoms with E-state index in [1.54, 1.807) is 11.0 Å². The van der Waals surface area contributed by atoms with Gasteiger partial charge in [-0.3, -0.25) is 0 Å². The summed E-state index contributed by atoms with van der Waals surface area (Å²) in [5.74, 6) is 0. The van der Waals surface area contributed by atoms with Crippen molar-refractivity contribution in [3.05, 3.63) is 42.5 Å².